The van der Waals surface area contributed by atoms with E-state index < -0.39 is 10.0 Å². The third-order valence-corrected chi connectivity index (χ3v) is 4.95. The summed E-state index contributed by atoms with van der Waals surface area (Å²) in [4.78, 5) is 6.20. The number of aryl methyl sites for hydroxylation is 1. The highest BCUT2D eigenvalue weighted by atomic mass is 32.2. The van der Waals surface area contributed by atoms with Crippen LogP contribution in [0.15, 0.2) is 11.2 Å². The molecule has 0 aliphatic heterocycles. The first-order chi connectivity index (χ1) is 8.34. The molecule has 0 aliphatic rings. The number of hydrogen-bond donors (Lipinski definition) is 1. The van der Waals surface area contributed by atoms with E-state index in [4.69, 9.17) is 5.14 Å². The van der Waals surface area contributed by atoms with Crippen LogP contribution in [0.5, 0.6) is 0 Å². The lowest BCUT2D eigenvalue weighted by Crippen LogP contribution is -2.16. The molecule has 2 aromatic rings. The van der Waals surface area contributed by atoms with Crippen molar-refractivity contribution in [2.75, 3.05) is 0 Å². The third-order valence-electron chi connectivity index (χ3n) is 2.69. The van der Waals surface area contributed by atoms with Crippen molar-refractivity contribution in [1.29, 1.82) is 0 Å². The van der Waals surface area contributed by atoms with Crippen LogP contribution in [-0.4, -0.2) is 17.8 Å². The van der Waals surface area contributed by atoms with E-state index in [0.717, 1.165) is 11.3 Å². The number of primary sulfonamides is 1. The first-order valence-corrected chi connectivity index (χ1v) is 8.24. The highest BCUT2D eigenvalue weighted by Crippen LogP contribution is 2.28. The van der Waals surface area contributed by atoms with Gasteiger partial charge in [-0.1, -0.05) is 27.2 Å². The molecule has 0 spiro atoms. The molecule has 2 rings (SSSR count). The Balaban J connectivity index is 2.71. The molecular formula is C11H17N3O2S2. The summed E-state index contributed by atoms with van der Waals surface area (Å²) in [6.45, 7) is 6.11. The van der Waals surface area contributed by atoms with Crippen LogP contribution < -0.4 is 5.14 Å². The normalized spacial score (nSPS) is 12.7. The lowest BCUT2D eigenvalue weighted by molar-refractivity contribution is 0.591. The van der Waals surface area contributed by atoms with Gasteiger partial charge >= 0.3 is 0 Å². The Kier molecular flexibility index (Phi) is 3.48. The Hall–Kier alpha value is -0.920. The minimum Gasteiger partial charge on any atom is -0.279 e. The molecule has 0 amide bonds. The van der Waals surface area contributed by atoms with E-state index in [0.29, 0.717) is 23.0 Å². The van der Waals surface area contributed by atoms with Gasteiger partial charge in [-0.25, -0.2) is 18.5 Å². The van der Waals surface area contributed by atoms with Gasteiger partial charge in [0.15, 0.2) is 9.99 Å². The maximum absolute atomic E-state index is 11.7. The summed E-state index contributed by atoms with van der Waals surface area (Å²) in [6.07, 6.45) is 3.29. The third kappa shape index (κ3) is 2.30. The van der Waals surface area contributed by atoms with Gasteiger partial charge in [0.1, 0.15) is 0 Å². The average molecular weight is 287 g/mol. The highest BCUT2D eigenvalue weighted by molar-refractivity contribution is 7.89. The number of nitrogens with two attached hydrogens (primary N) is 1. The van der Waals surface area contributed by atoms with E-state index in [1.165, 1.54) is 11.3 Å². The number of imidazole rings is 1. The first-order valence-electron chi connectivity index (χ1n) is 5.88. The zero-order valence-corrected chi connectivity index (χ0v) is 12.3. The van der Waals surface area contributed by atoms with Gasteiger partial charge < -0.3 is 0 Å². The van der Waals surface area contributed by atoms with Crippen LogP contribution in [0, 0.1) is 0 Å². The lowest BCUT2D eigenvalue weighted by Gasteiger charge is -2.01. The van der Waals surface area contributed by atoms with Gasteiger partial charge in [0, 0.05) is 11.1 Å². The standard InChI is InChI=1S/C11H17N3O2S2/c1-4-5-8-10(18(12,15)16)14-6-9(7(2)3)17-11(14)13-8/h6-7H,4-5H2,1-3H3,(H2,12,15,16). The molecule has 100 valence electrons. The number of aromatic nitrogens is 2. The van der Waals surface area contributed by atoms with Gasteiger partial charge in [-0.2, -0.15) is 0 Å². The van der Waals surface area contributed by atoms with Crippen molar-refractivity contribution in [1.82, 2.24) is 9.38 Å². The number of thiazole rings is 1. The van der Waals surface area contributed by atoms with Crippen LogP contribution in [0.2, 0.25) is 0 Å². The monoisotopic (exact) mass is 287 g/mol. The molecule has 2 heterocycles. The molecule has 18 heavy (non-hydrogen) atoms. The number of nitrogens with zero attached hydrogens (tertiary/aromatic N) is 2. The van der Waals surface area contributed by atoms with Crippen LogP contribution in [0.25, 0.3) is 4.96 Å². The molecule has 0 radical (unpaired) electrons. The molecule has 7 heteroatoms. The highest BCUT2D eigenvalue weighted by Gasteiger charge is 2.23. The van der Waals surface area contributed by atoms with Gasteiger partial charge in [0.25, 0.3) is 10.0 Å². The van der Waals surface area contributed by atoms with Crippen molar-refractivity contribution in [2.45, 2.75) is 44.6 Å². The molecule has 0 aromatic carbocycles. The second-order valence-electron chi connectivity index (χ2n) is 4.60. The van der Waals surface area contributed by atoms with Gasteiger partial charge in [-0.15, -0.1) is 11.3 Å². The average Bonchev–Trinajstić information content (AvgIpc) is 2.72. The first kappa shape index (κ1) is 13.5. The molecule has 0 unspecified atom stereocenters. The molecule has 5 nitrogen and oxygen atoms in total. The van der Waals surface area contributed by atoms with E-state index in [-0.39, 0.29) is 5.03 Å². The topological polar surface area (TPSA) is 77.5 Å². The molecule has 2 N–H and O–H groups in total. The Morgan fingerprint density at radius 1 is 1.50 bits per heavy atom. The van der Waals surface area contributed by atoms with Crippen LogP contribution >= 0.6 is 11.3 Å². The Morgan fingerprint density at radius 3 is 2.67 bits per heavy atom. The number of sulfonamides is 1. The van der Waals surface area contributed by atoms with Crippen molar-refractivity contribution < 1.29 is 8.42 Å². The fourth-order valence-corrected chi connectivity index (χ4v) is 3.81. The lowest BCUT2D eigenvalue weighted by atomic mass is 10.2. The number of hydrogen-bond acceptors (Lipinski definition) is 4. The fourth-order valence-electron chi connectivity index (χ4n) is 1.86. The SMILES string of the molecule is CCCc1nc2sc(C(C)C)cn2c1S(N)(=O)=O. The smallest absolute Gasteiger partial charge is 0.255 e. The largest absolute Gasteiger partial charge is 0.279 e. The van der Waals surface area contributed by atoms with Gasteiger partial charge in [0.05, 0.1) is 5.69 Å². The van der Waals surface area contributed by atoms with Crippen molar-refractivity contribution in [2.24, 2.45) is 5.14 Å². The molecule has 0 fully saturated rings. The van der Waals surface area contributed by atoms with E-state index in [1.54, 1.807) is 4.40 Å². The summed E-state index contributed by atoms with van der Waals surface area (Å²) >= 11 is 1.51. The van der Waals surface area contributed by atoms with Crippen LogP contribution in [-0.2, 0) is 16.4 Å². The Labute approximate surface area is 111 Å². The van der Waals surface area contributed by atoms with E-state index in [9.17, 15) is 8.42 Å². The zero-order chi connectivity index (χ0) is 13.5. The van der Waals surface area contributed by atoms with Crippen molar-refractivity contribution in [3.63, 3.8) is 0 Å². The van der Waals surface area contributed by atoms with E-state index >= 15 is 0 Å². The van der Waals surface area contributed by atoms with Crippen LogP contribution in [0.3, 0.4) is 0 Å². The van der Waals surface area contributed by atoms with Crippen LogP contribution in [0.4, 0.5) is 0 Å². The quantitative estimate of drug-likeness (QED) is 0.935. The second-order valence-corrected chi connectivity index (χ2v) is 7.12. The number of rotatable bonds is 4. The second kappa shape index (κ2) is 4.64. The Bertz CT molecular complexity index is 668. The predicted molar refractivity (Wildman–Crippen MR) is 72.5 cm³/mol. The van der Waals surface area contributed by atoms with Crippen molar-refractivity contribution in [3.8, 4) is 0 Å². The summed E-state index contributed by atoms with van der Waals surface area (Å²) in [5.41, 5.74) is 0.571. The van der Waals surface area contributed by atoms with Gasteiger partial charge in [-0.3, -0.25) is 4.40 Å². The summed E-state index contributed by atoms with van der Waals surface area (Å²) < 4.78 is 25.0. The van der Waals surface area contributed by atoms with Gasteiger partial charge in [0.2, 0.25) is 0 Å². The van der Waals surface area contributed by atoms with Gasteiger partial charge in [-0.05, 0) is 12.3 Å². The predicted octanol–water partition coefficient (Wildman–Crippen LogP) is 2.12. The molecule has 0 saturated heterocycles. The minimum atomic E-state index is -3.74. The minimum absolute atomic E-state index is 0.141. The fraction of sp³-hybridized carbons (Fsp3) is 0.545. The van der Waals surface area contributed by atoms with Crippen molar-refractivity contribution >= 4 is 26.3 Å². The Morgan fingerprint density at radius 2 is 2.17 bits per heavy atom. The molecule has 2 aromatic heterocycles. The van der Waals surface area contributed by atoms with E-state index in [2.05, 4.69) is 18.8 Å². The number of fused-ring (bicyclic) bond motifs is 1. The van der Waals surface area contributed by atoms with Crippen LogP contribution in [0.1, 0.15) is 43.7 Å². The summed E-state index contributed by atoms with van der Waals surface area (Å²) in [7, 11) is -3.74. The zero-order valence-electron chi connectivity index (χ0n) is 10.7. The molecule has 0 saturated carbocycles. The van der Waals surface area contributed by atoms with E-state index in [1.807, 2.05) is 13.1 Å². The maximum atomic E-state index is 11.7. The molecule has 0 aliphatic carbocycles. The molecule has 0 bridgehead atoms. The summed E-state index contributed by atoms with van der Waals surface area (Å²) in [6, 6.07) is 0. The maximum Gasteiger partial charge on any atom is 0.255 e. The summed E-state index contributed by atoms with van der Waals surface area (Å²) in [5.74, 6) is 0.347. The molecular weight excluding hydrogens is 270 g/mol. The summed E-state index contributed by atoms with van der Waals surface area (Å²) in [5, 5.41) is 5.44. The van der Waals surface area contributed by atoms with Crippen molar-refractivity contribution in [3.05, 3.63) is 16.8 Å². The molecule has 0 atom stereocenters.